The van der Waals surface area contributed by atoms with E-state index in [0.29, 0.717) is 12.2 Å². The molecule has 0 saturated carbocycles. The first kappa shape index (κ1) is 15.6. The number of rotatable bonds is 4. The van der Waals surface area contributed by atoms with E-state index < -0.39 is 23.0 Å². The molecule has 0 radical (unpaired) electrons. The van der Waals surface area contributed by atoms with Crippen LogP contribution in [0.2, 0.25) is 0 Å². The maximum absolute atomic E-state index is 13.8. The molecule has 1 aromatic rings. The Hall–Kier alpha value is -1.49. The molecule has 106 valence electrons. The van der Waals surface area contributed by atoms with Crippen LogP contribution in [-0.2, 0) is 14.9 Å². The first-order valence-corrected chi connectivity index (χ1v) is 6.12. The lowest BCUT2D eigenvalue weighted by atomic mass is 9.85. The minimum atomic E-state index is -0.783. The smallest absolute Gasteiger partial charge is 0.250 e. The van der Waals surface area contributed by atoms with Crippen molar-refractivity contribution in [2.75, 3.05) is 18.5 Å². The van der Waals surface area contributed by atoms with E-state index in [2.05, 4.69) is 5.32 Å². The molecule has 0 aliphatic carbocycles. The van der Waals surface area contributed by atoms with E-state index in [4.69, 9.17) is 4.74 Å². The maximum Gasteiger partial charge on any atom is 0.250 e. The van der Waals surface area contributed by atoms with Gasteiger partial charge in [-0.15, -0.1) is 0 Å². The number of hydrogen-bond acceptors (Lipinski definition) is 2. The van der Waals surface area contributed by atoms with Crippen LogP contribution in [0, 0.1) is 11.6 Å². The Balaban J connectivity index is 3.08. The van der Waals surface area contributed by atoms with Gasteiger partial charge in [-0.05, 0) is 24.0 Å². The number of halogens is 2. The highest BCUT2D eigenvalue weighted by molar-refractivity contribution is 5.92. The van der Waals surface area contributed by atoms with Gasteiger partial charge in [0.15, 0.2) is 0 Å². The molecule has 0 aromatic heterocycles. The molecule has 0 fully saturated rings. The normalized spacial score (nSPS) is 11.5. The standard InChI is InChI=1S/C14H19F2NO2/c1-5-19-8-12(18)17-13-10(14(2,3)4)6-9(15)7-11(13)16/h6-7H,5,8H2,1-4H3,(H,17,18). The zero-order chi connectivity index (χ0) is 14.6. The minimum Gasteiger partial charge on any atom is -0.372 e. The number of amides is 1. The minimum absolute atomic E-state index is 0.0126. The van der Waals surface area contributed by atoms with Crippen molar-refractivity contribution in [3.8, 4) is 0 Å². The van der Waals surface area contributed by atoms with Crippen molar-refractivity contribution in [3.05, 3.63) is 29.3 Å². The lowest BCUT2D eigenvalue weighted by Crippen LogP contribution is -2.23. The van der Waals surface area contributed by atoms with E-state index in [0.717, 1.165) is 6.07 Å². The van der Waals surface area contributed by atoms with Crippen molar-refractivity contribution in [2.45, 2.75) is 33.1 Å². The van der Waals surface area contributed by atoms with Gasteiger partial charge >= 0.3 is 0 Å². The predicted molar refractivity (Wildman–Crippen MR) is 70.2 cm³/mol. The topological polar surface area (TPSA) is 38.3 Å². The van der Waals surface area contributed by atoms with Crippen LogP contribution in [0.15, 0.2) is 12.1 Å². The van der Waals surface area contributed by atoms with Crippen LogP contribution in [0.1, 0.15) is 33.3 Å². The second kappa shape index (κ2) is 6.10. The van der Waals surface area contributed by atoms with Gasteiger partial charge in [0.05, 0.1) is 5.69 Å². The fourth-order valence-corrected chi connectivity index (χ4v) is 1.66. The van der Waals surface area contributed by atoms with Crippen LogP contribution in [0.3, 0.4) is 0 Å². The van der Waals surface area contributed by atoms with Gasteiger partial charge in [0, 0.05) is 12.7 Å². The highest BCUT2D eigenvalue weighted by atomic mass is 19.1. The fraction of sp³-hybridized carbons (Fsp3) is 0.500. The highest BCUT2D eigenvalue weighted by Gasteiger charge is 2.23. The van der Waals surface area contributed by atoms with Crippen LogP contribution < -0.4 is 5.32 Å². The number of benzene rings is 1. The van der Waals surface area contributed by atoms with E-state index in [-0.39, 0.29) is 12.3 Å². The monoisotopic (exact) mass is 271 g/mol. The van der Waals surface area contributed by atoms with Gasteiger partial charge in [-0.2, -0.15) is 0 Å². The molecule has 0 atom stereocenters. The van der Waals surface area contributed by atoms with Crippen LogP contribution in [0.5, 0.6) is 0 Å². The molecule has 0 aliphatic rings. The highest BCUT2D eigenvalue weighted by Crippen LogP contribution is 2.32. The summed E-state index contributed by atoms with van der Waals surface area (Å²) in [7, 11) is 0. The Bertz CT molecular complexity index is 467. The average Bonchev–Trinajstić information content (AvgIpc) is 2.28. The van der Waals surface area contributed by atoms with Gasteiger partial charge in [-0.25, -0.2) is 8.78 Å². The molecule has 0 aliphatic heterocycles. The van der Waals surface area contributed by atoms with Crippen LogP contribution in [0.25, 0.3) is 0 Å². The van der Waals surface area contributed by atoms with Gasteiger partial charge in [0.2, 0.25) is 5.91 Å². The van der Waals surface area contributed by atoms with E-state index in [9.17, 15) is 13.6 Å². The molecular formula is C14H19F2NO2. The molecule has 0 heterocycles. The number of ether oxygens (including phenoxy) is 1. The van der Waals surface area contributed by atoms with Crippen molar-refractivity contribution in [3.63, 3.8) is 0 Å². The summed E-state index contributed by atoms with van der Waals surface area (Å²) in [4.78, 5) is 11.6. The molecule has 1 aromatic carbocycles. The quantitative estimate of drug-likeness (QED) is 0.913. The van der Waals surface area contributed by atoms with Gasteiger partial charge in [-0.3, -0.25) is 4.79 Å². The maximum atomic E-state index is 13.8. The SMILES string of the molecule is CCOCC(=O)Nc1c(F)cc(F)cc1C(C)(C)C. The first-order valence-electron chi connectivity index (χ1n) is 6.12. The molecule has 0 spiro atoms. The Morgan fingerprint density at radius 3 is 2.47 bits per heavy atom. The van der Waals surface area contributed by atoms with Gasteiger partial charge < -0.3 is 10.1 Å². The predicted octanol–water partition coefficient (Wildman–Crippen LogP) is 3.24. The summed E-state index contributed by atoms with van der Waals surface area (Å²) in [5.41, 5.74) is -0.0644. The Labute approximate surface area is 112 Å². The van der Waals surface area contributed by atoms with Gasteiger partial charge in [-0.1, -0.05) is 20.8 Å². The molecule has 19 heavy (non-hydrogen) atoms. The van der Waals surface area contributed by atoms with Crippen LogP contribution in [-0.4, -0.2) is 19.1 Å². The van der Waals surface area contributed by atoms with Crippen molar-refractivity contribution in [2.24, 2.45) is 0 Å². The lowest BCUT2D eigenvalue weighted by Gasteiger charge is -2.23. The van der Waals surface area contributed by atoms with Gasteiger partial charge in [0.1, 0.15) is 18.2 Å². The van der Waals surface area contributed by atoms with Crippen molar-refractivity contribution in [1.82, 2.24) is 0 Å². The number of carbonyl (C=O) groups excluding carboxylic acids is 1. The van der Waals surface area contributed by atoms with E-state index in [1.807, 2.05) is 20.8 Å². The second-order valence-electron chi connectivity index (χ2n) is 5.25. The molecule has 3 nitrogen and oxygen atoms in total. The third-order valence-electron chi connectivity index (χ3n) is 2.56. The summed E-state index contributed by atoms with van der Waals surface area (Å²) in [5.74, 6) is -1.90. The zero-order valence-electron chi connectivity index (χ0n) is 11.6. The number of anilines is 1. The van der Waals surface area contributed by atoms with Crippen molar-refractivity contribution in [1.29, 1.82) is 0 Å². The molecule has 0 bridgehead atoms. The fourth-order valence-electron chi connectivity index (χ4n) is 1.66. The van der Waals surface area contributed by atoms with Crippen LogP contribution in [0.4, 0.5) is 14.5 Å². The van der Waals surface area contributed by atoms with Crippen molar-refractivity contribution >= 4 is 11.6 Å². The summed E-state index contributed by atoms with van der Waals surface area (Å²) >= 11 is 0. The summed E-state index contributed by atoms with van der Waals surface area (Å²) < 4.78 is 32.1. The lowest BCUT2D eigenvalue weighted by molar-refractivity contribution is -0.120. The van der Waals surface area contributed by atoms with E-state index >= 15 is 0 Å². The molecule has 0 saturated heterocycles. The molecule has 1 N–H and O–H groups in total. The Morgan fingerprint density at radius 1 is 1.32 bits per heavy atom. The zero-order valence-corrected chi connectivity index (χ0v) is 11.6. The first-order chi connectivity index (χ1) is 8.75. The molecule has 1 amide bonds. The summed E-state index contributed by atoms with van der Waals surface area (Å²) in [6.07, 6.45) is 0. The number of carbonyl (C=O) groups is 1. The second-order valence-corrected chi connectivity index (χ2v) is 5.25. The molecular weight excluding hydrogens is 252 g/mol. The molecule has 1 rings (SSSR count). The van der Waals surface area contributed by atoms with Gasteiger partial charge in [0.25, 0.3) is 0 Å². The summed E-state index contributed by atoms with van der Waals surface area (Å²) in [6.45, 7) is 7.45. The van der Waals surface area contributed by atoms with E-state index in [1.54, 1.807) is 6.92 Å². The largest absolute Gasteiger partial charge is 0.372 e. The Kier molecular flexibility index (Phi) is 5.00. The summed E-state index contributed by atoms with van der Waals surface area (Å²) in [6, 6.07) is 1.99. The number of nitrogens with one attached hydrogen (secondary N) is 1. The van der Waals surface area contributed by atoms with E-state index in [1.165, 1.54) is 6.07 Å². The van der Waals surface area contributed by atoms with Crippen LogP contribution >= 0.6 is 0 Å². The molecule has 5 heteroatoms. The molecule has 0 unspecified atom stereocenters. The third kappa shape index (κ3) is 4.28. The number of hydrogen-bond donors (Lipinski definition) is 1. The summed E-state index contributed by atoms with van der Waals surface area (Å²) in [5, 5.41) is 2.44. The van der Waals surface area contributed by atoms with Crippen molar-refractivity contribution < 1.29 is 18.3 Å². The Morgan fingerprint density at radius 2 is 1.95 bits per heavy atom. The third-order valence-corrected chi connectivity index (χ3v) is 2.56. The average molecular weight is 271 g/mol.